The summed E-state index contributed by atoms with van der Waals surface area (Å²) in [6.45, 7) is 1.00. The van der Waals surface area contributed by atoms with E-state index in [0.29, 0.717) is 0 Å². The molecule has 1 nitrogen and oxygen atoms in total. The first-order chi connectivity index (χ1) is 9.79. The van der Waals surface area contributed by atoms with Crippen LogP contribution in [0.15, 0.2) is 57.9 Å². The molecule has 0 amide bonds. The van der Waals surface area contributed by atoms with Crippen molar-refractivity contribution < 1.29 is 0 Å². The van der Waals surface area contributed by atoms with Gasteiger partial charge in [0.05, 0.1) is 0 Å². The van der Waals surface area contributed by atoms with Crippen molar-refractivity contribution in [3.05, 3.63) is 64.1 Å². The smallest absolute Gasteiger partial charge is 0.0232 e. The van der Waals surface area contributed by atoms with E-state index in [0.717, 1.165) is 22.8 Å². The molecule has 0 saturated heterocycles. The summed E-state index contributed by atoms with van der Waals surface area (Å²) in [4.78, 5) is 1.34. The molecule has 0 unspecified atom stereocenters. The average Bonchev–Trinajstić information content (AvgIpc) is 3.30. The normalized spacial score (nSPS) is 14.4. The van der Waals surface area contributed by atoms with Crippen LogP contribution in [0.5, 0.6) is 0 Å². The lowest BCUT2D eigenvalue weighted by Gasteiger charge is -2.05. The predicted octanol–water partition coefficient (Wildman–Crippen LogP) is 4.99. The predicted molar refractivity (Wildman–Crippen MR) is 90.0 cm³/mol. The quantitative estimate of drug-likeness (QED) is 0.738. The molecule has 104 valence electrons. The van der Waals surface area contributed by atoms with E-state index in [1.165, 1.54) is 28.9 Å². The Morgan fingerprint density at radius 2 is 1.60 bits per heavy atom. The lowest BCUT2D eigenvalue weighted by atomic mass is 10.2. The number of nitrogens with one attached hydrogen (secondary N) is 1. The van der Waals surface area contributed by atoms with Crippen LogP contribution in [-0.2, 0) is 12.3 Å². The molecular weight excluding hydrogens is 330 g/mol. The summed E-state index contributed by atoms with van der Waals surface area (Å²) in [5.74, 6) is 1.02. The van der Waals surface area contributed by atoms with E-state index in [-0.39, 0.29) is 0 Å². The molecule has 0 aromatic heterocycles. The highest BCUT2D eigenvalue weighted by Crippen LogP contribution is 2.24. The van der Waals surface area contributed by atoms with Crippen molar-refractivity contribution in [3.63, 3.8) is 0 Å². The topological polar surface area (TPSA) is 12.0 Å². The number of thioether (sulfide) groups is 1. The molecule has 1 fully saturated rings. The third kappa shape index (κ3) is 4.37. The third-order valence-corrected chi connectivity index (χ3v) is 5.03. The second kappa shape index (κ2) is 6.79. The Hall–Kier alpha value is -0.770. The molecule has 2 aromatic carbocycles. The van der Waals surface area contributed by atoms with Crippen molar-refractivity contribution in [2.75, 3.05) is 0 Å². The Bertz CT molecular complexity index is 546. The van der Waals surface area contributed by atoms with Gasteiger partial charge in [-0.25, -0.2) is 0 Å². The maximum atomic E-state index is 3.54. The van der Waals surface area contributed by atoms with E-state index in [2.05, 4.69) is 69.8 Å². The SMILES string of the molecule is Brc1ccc(CSc2ccc(CNC3CC3)cc2)cc1. The highest BCUT2D eigenvalue weighted by Gasteiger charge is 2.19. The molecule has 0 atom stereocenters. The number of hydrogen-bond acceptors (Lipinski definition) is 2. The molecule has 3 heteroatoms. The van der Waals surface area contributed by atoms with E-state index in [1.54, 1.807) is 0 Å². The fourth-order valence-electron chi connectivity index (χ4n) is 2.00. The van der Waals surface area contributed by atoms with Crippen molar-refractivity contribution in [3.8, 4) is 0 Å². The van der Waals surface area contributed by atoms with E-state index >= 15 is 0 Å². The highest BCUT2D eigenvalue weighted by molar-refractivity contribution is 9.10. The fourth-order valence-corrected chi connectivity index (χ4v) is 3.12. The highest BCUT2D eigenvalue weighted by atomic mass is 79.9. The minimum Gasteiger partial charge on any atom is -0.310 e. The van der Waals surface area contributed by atoms with Crippen molar-refractivity contribution in [2.24, 2.45) is 0 Å². The minimum atomic E-state index is 0.779. The van der Waals surface area contributed by atoms with Gasteiger partial charge in [-0.2, -0.15) is 0 Å². The van der Waals surface area contributed by atoms with Gasteiger partial charge in [-0.3, -0.25) is 0 Å². The van der Waals surface area contributed by atoms with E-state index in [1.807, 2.05) is 11.8 Å². The third-order valence-electron chi connectivity index (χ3n) is 3.41. The fraction of sp³-hybridized carbons (Fsp3) is 0.294. The van der Waals surface area contributed by atoms with Crippen LogP contribution >= 0.6 is 27.7 Å². The van der Waals surface area contributed by atoms with Gasteiger partial charge in [-0.1, -0.05) is 40.2 Å². The molecule has 0 heterocycles. The van der Waals surface area contributed by atoms with Crippen LogP contribution in [0.4, 0.5) is 0 Å². The monoisotopic (exact) mass is 347 g/mol. The minimum absolute atomic E-state index is 0.779. The maximum Gasteiger partial charge on any atom is 0.0232 e. The standard InChI is InChI=1S/C17H18BrNS/c18-15-5-1-14(2-6-15)12-20-17-9-3-13(4-10-17)11-19-16-7-8-16/h1-6,9-10,16,19H,7-8,11-12H2. The Morgan fingerprint density at radius 3 is 2.25 bits per heavy atom. The number of benzene rings is 2. The molecule has 2 aromatic rings. The van der Waals surface area contributed by atoms with Crippen LogP contribution in [0.1, 0.15) is 24.0 Å². The molecule has 0 radical (unpaired) electrons. The van der Waals surface area contributed by atoms with Crippen LogP contribution in [0.25, 0.3) is 0 Å². The van der Waals surface area contributed by atoms with Crippen LogP contribution in [0, 0.1) is 0 Å². The lowest BCUT2D eigenvalue weighted by molar-refractivity contribution is 0.687. The van der Waals surface area contributed by atoms with Gasteiger partial charge in [0.15, 0.2) is 0 Å². The zero-order valence-corrected chi connectivity index (χ0v) is 13.7. The zero-order valence-electron chi connectivity index (χ0n) is 11.3. The van der Waals surface area contributed by atoms with Crippen molar-refractivity contribution >= 4 is 27.7 Å². The summed E-state index contributed by atoms with van der Waals surface area (Å²) in [5, 5.41) is 3.54. The van der Waals surface area contributed by atoms with Crippen LogP contribution in [0.2, 0.25) is 0 Å². The largest absolute Gasteiger partial charge is 0.310 e. The summed E-state index contributed by atoms with van der Waals surface area (Å²) in [7, 11) is 0. The van der Waals surface area contributed by atoms with Crippen molar-refractivity contribution in [1.82, 2.24) is 5.32 Å². The first-order valence-corrected chi connectivity index (χ1v) is 8.77. The molecule has 1 N–H and O–H groups in total. The summed E-state index contributed by atoms with van der Waals surface area (Å²) < 4.78 is 1.14. The van der Waals surface area contributed by atoms with Crippen LogP contribution < -0.4 is 5.32 Å². The van der Waals surface area contributed by atoms with Crippen LogP contribution in [-0.4, -0.2) is 6.04 Å². The average molecular weight is 348 g/mol. The lowest BCUT2D eigenvalue weighted by Crippen LogP contribution is -2.14. The van der Waals surface area contributed by atoms with Gasteiger partial charge >= 0.3 is 0 Å². The summed E-state index contributed by atoms with van der Waals surface area (Å²) in [6, 6.07) is 18.3. The zero-order chi connectivity index (χ0) is 13.8. The number of hydrogen-bond donors (Lipinski definition) is 1. The number of halogens is 1. The molecule has 20 heavy (non-hydrogen) atoms. The van der Waals surface area contributed by atoms with E-state index in [4.69, 9.17) is 0 Å². The van der Waals surface area contributed by atoms with Crippen LogP contribution in [0.3, 0.4) is 0 Å². The van der Waals surface area contributed by atoms with Gasteiger partial charge in [-0.05, 0) is 48.2 Å². The van der Waals surface area contributed by atoms with Gasteiger partial charge in [0.25, 0.3) is 0 Å². The molecule has 1 aliphatic carbocycles. The second-order valence-corrected chi connectivity index (χ2v) is 7.18. The van der Waals surface area contributed by atoms with Crippen molar-refractivity contribution in [2.45, 2.75) is 36.1 Å². The van der Waals surface area contributed by atoms with Crippen molar-refractivity contribution in [1.29, 1.82) is 0 Å². The Morgan fingerprint density at radius 1 is 0.950 bits per heavy atom. The molecule has 3 rings (SSSR count). The van der Waals surface area contributed by atoms with Gasteiger partial charge < -0.3 is 5.32 Å². The Balaban J connectivity index is 1.50. The molecule has 0 bridgehead atoms. The molecule has 0 spiro atoms. The Kier molecular flexibility index (Phi) is 4.81. The summed E-state index contributed by atoms with van der Waals surface area (Å²) in [5.41, 5.74) is 2.74. The van der Waals surface area contributed by atoms with Gasteiger partial charge in [0.1, 0.15) is 0 Å². The van der Waals surface area contributed by atoms with E-state index < -0.39 is 0 Å². The maximum absolute atomic E-state index is 3.54. The van der Waals surface area contributed by atoms with Gasteiger partial charge in [0.2, 0.25) is 0 Å². The summed E-state index contributed by atoms with van der Waals surface area (Å²) >= 11 is 5.36. The first kappa shape index (κ1) is 14.2. The Labute approximate surface area is 133 Å². The molecule has 1 saturated carbocycles. The second-order valence-electron chi connectivity index (χ2n) is 5.21. The molecule has 1 aliphatic rings. The molecule has 0 aliphatic heterocycles. The van der Waals surface area contributed by atoms with Gasteiger partial charge in [-0.15, -0.1) is 11.8 Å². The summed E-state index contributed by atoms with van der Waals surface area (Å²) in [6.07, 6.45) is 2.70. The van der Waals surface area contributed by atoms with E-state index in [9.17, 15) is 0 Å². The molecular formula is C17H18BrNS. The number of rotatable bonds is 6. The van der Waals surface area contributed by atoms with Gasteiger partial charge in [0, 0.05) is 27.7 Å². The first-order valence-electron chi connectivity index (χ1n) is 6.99.